The Bertz CT molecular complexity index is 331. The molecule has 1 N–H and O–H groups in total. The van der Waals surface area contributed by atoms with E-state index in [2.05, 4.69) is 15.5 Å². The molecule has 1 aliphatic rings. The summed E-state index contributed by atoms with van der Waals surface area (Å²) in [6.07, 6.45) is 1.98. The van der Waals surface area contributed by atoms with Gasteiger partial charge in [-0.15, -0.1) is 12.4 Å². The quantitative estimate of drug-likeness (QED) is 0.873. The van der Waals surface area contributed by atoms with Crippen molar-refractivity contribution in [3.63, 3.8) is 0 Å². The summed E-state index contributed by atoms with van der Waals surface area (Å²) in [5.74, 6) is 1.04. The van der Waals surface area contributed by atoms with Crippen molar-refractivity contribution in [3.05, 3.63) is 11.7 Å². The molecule has 0 radical (unpaired) electrons. The lowest BCUT2D eigenvalue weighted by Gasteiger charge is -2.19. The predicted molar refractivity (Wildman–Crippen MR) is 60.5 cm³/mol. The minimum Gasteiger partial charge on any atom is -0.336 e. The van der Waals surface area contributed by atoms with Crippen molar-refractivity contribution in [2.75, 3.05) is 13.1 Å². The van der Waals surface area contributed by atoms with Gasteiger partial charge in [-0.1, -0.05) is 5.16 Å². The van der Waals surface area contributed by atoms with Crippen LogP contribution < -0.4 is 5.32 Å². The van der Waals surface area contributed by atoms with Gasteiger partial charge in [0.05, 0.1) is 0 Å². The first kappa shape index (κ1) is 13.4. The Hall–Kier alpha value is -0.680. The summed E-state index contributed by atoms with van der Waals surface area (Å²) in [4.78, 5) is 4.12. The molecule has 0 bridgehead atoms. The molecule has 4 nitrogen and oxygen atoms in total. The van der Waals surface area contributed by atoms with Gasteiger partial charge in [0.15, 0.2) is 11.5 Å². The maximum absolute atomic E-state index is 13.5. The summed E-state index contributed by atoms with van der Waals surface area (Å²) in [6.45, 7) is 4.78. The fourth-order valence-corrected chi connectivity index (χ4v) is 1.72. The smallest absolute Gasteiger partial charge is 0.263 e. The van der Waals surface area contributed by atoms with E-state index in [4.69, 9.17) is 4.52 Å². The van der Waals surface area contributed by atoms with Crippen LogP contribution in [0.3, 0.4) is 0 Å². The highest BCUT2D eigenvalue weighted by Crippen LogP contribution is 2.27. The summed E-state index contributed by atoms with van der Waals surface area (Å²) < 4.78 is 18.4. The number of halogens is 2. The molecule has 1 aromatic rings. The lowest BCUT2D eigenvalue weighted by molar-refractivity contribution is 0.155. The molecule has 1 saturated heterocycles. The Morgan fingerprint density at radius 2 is 2.00 bits per heavy atom. The van der Waals surface area contributed by atoms with Gasteiger partial charge >= 0.3 is 0 Å². The molecule has 0 spiro atoms. The van der Waals surface area contributed by atoms with Gasteiger partial charge in [0.1, 0.15) is 0 Å². The summed E-state index contributed by atoms with van der Waals surface area (Å²) in [7, 11) is 0. The topological polar surface area (TPSA) is 51.0 Å². The maximum atomic E-state index is 13.5. The lowest BCUT2D eigenvalue weighted by Crippen LogP contribution is -2.27. The van der Waals surface area contributed by atoms with Crippen LogP contribution in [0.5, 0.6) is 0 Å². The molecular weight excluding hydrogens is 233 g/mol. The molecule has 0 aromatic carbocycles. The molecular formula is C10H17ClFN3O. The second kappa shape index (κ2) is 5.10. The van der Waals surface area contributed by atoms with Crippen LogP contribution >= 0.6 is 12.4 Å². The van der Waals surface area contributed by atoms with Crippen molar-refractivity contribution in [1.29, 1.82) is 0 Å². The number of alkyl halides is 1. The number of hydrogen-bond donors (Lipinski definition) is 1. The van der Waals surface area contributed by atoms with E-state index in [-0.39, 0.29) is 18.3 Å². The summed E-state index contributed by atoms with van der Waals surface area (Å²) in [6, 6.07) is 0. The average Bonchev–Trinajstić information content (AvgIpc) is 2.67. The third-order valence-corrected chi connectivity index (χ3v) is 2.65. The zero-order valence-electron chi connectivity index (χ0n) is 9.49. The molecule has 0 aliphatic carbocycles. The van der Waals surface area contributed by atoms with Gasteiger partial charge in [0, 0.05) is 5.92 Å². The van der Waals surface area contributed by atoms with Crippen LogP contribution in [0, 0.1) is 0 Å². The summed E-state index contributed by atoms with van der Waals surface area (Å²) >= 11 is 0. The van der Waals surface area contributed by atoms with Crippen LogP contribution in [0.15, 0.2) is 4.52 Å². The second-order valence-corrected chi connectivity index (χ2v) is 4.45. The third kappa shape index (κ3) is 2.92. The second-order valence-electron chi connectivity index (χ2n) is 4.45. The van der Waals surface area contributed by atoms with Crippen LogP contribution in [0.25, 0.3) is 0 Å². The molecule has 2 rings (SSSR count). The van der Waals surface area contributed by atoms with Gasteiger partial charge in [-0.3, -0.25) is 0 Å². The van der Waals surface area contributed by atoms with Crippen molar-refractivity contribution in [2.45, 2.75) is 38.3 Å². The van der Waals surface area contributed by atoms with Crippen molar-refractivity contribution in [3.8, 4) is 0 Å². The van der Waals surface area contributed by atoms with E-state index in [9.17, 15) is 4.39 Å². The molecule has 1 aliphatic heterocycles. The van der Waals surface area contributed by atoms with Crippen LogP contribution in [-0.4, -0.2) is 23.2 Å². The first-order chi connectivity index (χ1) is 7.07. The molecule has 92 valence electrons. The molecule has 0 atom stereocenters. The first-order valence-corrected chi connectivity index (χ1v) is 5.31. The van der Waals surface area contributed by atoms with E-state index in [1.807, 2.05) is 0 Å². The number of aromatic nitrogens is 2. The van der Waals surface area contributed by atoms with Crippen LogP contribution in [0.1, 0.15) is 44.3 Å². The zero-order valence-corrected chi connectivity index (χ0v) is 10.3. The van der Waals surface area contributed by atoms with E-state index in [0.717, 1.165) is 25.9 Å². The molecule has 0 amide bonds. The maximum Gasteiger partial charge on any atom is 0.263 e. The van der Waals surface area contributed by atoms with Crippen molar-refractivity contribution >= 4 is 12.4 Å². The van der Waals surface area contributed by atoms with Crippen molar-refractivity contribution in [1.82, 2.24) is 15.5 Å². The number of rotatable bonds is 2. The molecule has 16 heavy (non-hydrogen) atoms. The number of piperidine rings is 1. The Kier molecular flexibility index (Phi) is 4.27. The zero-order chi connectivity index (χ0) is 10.9. The number of nitrogens with zero attached hydrogens (tertiary/aromatic N) is 2. The standard InChI is InChI=1S/C10H16FN3O.ClH/c1-10(2,11)9-13-8(14-15-9)7-3-5-12-6-4-7;/h7,12H,3-6H2,1-2H3;1H. The highest BCUT2D eigenvalue weighted by molar-refractivity contribution is 5.85. The molecule has 1 aromatic heterocycles. The van der Waals surface area contributed by atoms with E-state index in [1.165, 1.54) is 13.8 Å². The molecule has 1 fully saturated rings. The van der Waals surface area contributed by atoms with Gasteiger partial charge in [-0.2, -0.15) is 4.98 Å². The SMILES string of the molecule is CC(C)(F)c1nc(C2CCNCC2)no1.Cl. The fourth-order valence-electron chi connectivity index (χ4n) is 1.72. The Morgan fingerprint density at radius 1 is 1.38 bits per heavy atom. The molecule has 6 heteroatoms. The minimum absolute atomic E-state index is 0. The number of hydrogen-bond acceptors (Lipinski definition) is 4. The van der Waals surface area contributed by atoms with Crippen LogP contribution in [-0.2, 0) is 5.67 Å². The van der Waals surface area contributed by atoms with Gasteiger partial charge < -0.3 is 9.84 Å². The lowest BCUT2D eigenvalue weighted by atomic mass is 9.97. The monoisotopic (exact) mass is 249 g/mol. The Balaban J connectivity index is 0.00000128. The Morgan fingerprint density at radius 3 is 2.50 bits per heavy atom. The van der Waals surface area contributed by atoms with Crippen LogP contribution in [0.4, 0.5) is 4.39 Å². The largest absolute Gasteiger partial charge is 0.336 e. The van der Waals surface area contributed by atoms with Gasteiger partial charge in [0.2, 0.25) is 0 Å². The average molecular weight is 250 g/mol. The minimum atomic E-state index is -1.54. The van der Waals surface area contributed by atoms with Gasteiger partial charge in [-0.05, 0) is 39.8 Å². The van der Waals surface area contributed by atoms with E-state index in [1.54, 1.807) is 0 Å². The summed E-state index contributed by atoms with van der Waals surface area (Å²) in [5, 5.41) is 7.11. The van der Waals surface area contributed by atoms with Gasteiger partial charge in [-0.25, -0.2) is 4.39 Å². The van der Waals surface area contributed by atoms with E-state index in [0.29, 0.717) is 11.7 Å². The predicted octanol–water partition coefficient (Wildman–Crippen LogP) is 2.16. The fraction of sp³-hybridized carbons (Fsp3) is 0.800. The first-order valence-electron chi connectivity index (χ1n) is 5.31. The third-order valence-electron chi connectivity index (χ3n) is 2.65. The number of nitrogens with one attached hydrogen (secondary N) is 1. The Labute approximate surface area is 100 Å². The molecule has 0 saturated carbocycles. The van der Waals surface area contributed by atoms with Crippen molar-refractivity contribution < 1.29 is 8.91 Å². The van der Waals surface area contributed by atoms with E-state index >= 15 is 0 Å². The van der Waals surface area contributed by atoms with E-state index < -0.39 is 5.67 Å². The highest BCUT2D eigenvalue weighted by Gasteiger charge is 2.29. The summed E-state index contributed by atoms with van der Waals surface area (Å²) in [5.41, 5.74) is -1.54. The van der Waals surface area contributed by atoms with Gasteiger partial charge in [0.25, 0.3) is 5.89 Å². The highest BCUT2D eigenvalue weighted by atomic mass is 35.5. The van der Waals surface area contributed by atoms with Crippen molar-refractivity contribution in [2.24, 2.45) is 0 Å². The normalized spacial score (nSPS) is 18.2. The molecule has 2 heterocycles. The molecule has 0 unspecified atom stereocenters. The van der Waals surface area contributed by atoms with Crippen LogP contribution in [0.2, 0.25) is 0 Å².